The predicted molar refractivity (Wildman–Crippen MR) is 112 cm³/mol. The third-order valence-corrected chi connectivity index (χ3v) is 5.23. The Morgan fingerprint density at radius 2 is 1.82 bits per heavy atom. The fraction of sp³-hybridized carbons (Fsp3) is 0.348. The van der Waals surface area contributed by atoms with Crippen molar-refractivity contribution < 1.29 is 4.79 Å². The fourth-order valence-electron chi connectivity index (χ4n) is 3.81. The summed E-state index contributed by atoms with van der Waals surface area (Å²) in [4.78, 5) is 24.1. The number of amides is 1. The smallest absolute Gasteiger partial charge is 0.225 e. The molecule has 4 rings (SSSR count). The zero-order chi connectivity index (χ0) is 19.3. The number of carbonyl (C=O) groups excluding carboxylic acids is 1. The van der Waals surface area contributed by atoms with Gasteiger partial charge < -0.3 is 10.2 Å². The highest BCUT2D eigenvalue weighted by atomic mass is 16.1. The third kappa shape index (κ3) is 4.30. The van der Waals surface area contributed by atoms with E-state index in [1.54, 1.807) is 0 Å². The third-order valence-electron chi connectivity index (χ3n) is 5.23. The van der Waals surface area contributed by atoms with E-state index in [2.05, 4.69) is 38.4 Å². The lowest BCUT2D eigenvalue weighted by Crippen LogP contribution is -2.32. The Bertz CT molecular complexity index is 974. The number of aromatic nitrogens is 2. The molecule has 1 amide bonds. The molecular weight excluding hydrogens is 348 g/mol. The van der Waals surface area contributed by atoms with E-state index in [1.807, 2.05) is 37.3 Å². The first-order valence-electron chi connectivity index (χ1n) is 10.0. The maximum Gasteiger partial charge on any atom is 0.225 e. The maximum absolute atomic E-state index is 12.5. The number of hydrogen-bond donors (Lipinski definition) is 1. The van der Waals surface area contributed by atoms with Gasteiger partial charge in [0.15, 0.2) is 0 Å². The van der Waals surface area contributed by atoms with Crippen molar-refractivity contribution in [2.75, 3.05) is 18.0 Å². The normalized spacial score (nSPS) is 14.2. The second-order valence-electron chi connectivity index (χ2n) is 7.44. The van der Waals surface area contributed by atoms with Gasteiger partial charge in [-0.1, -0.05) is 42.5 Å². The van der Waals surface area contributed by atoms with E-state index in [4.69, 9.17) is 0 Å². The quantitative estimate of drug-likeness (QED) is 0.738. The number of rotatable bonds is 5. The van der Waals surface area contributed by atoms with E-state index in [1.165, 1.54) is 19.3 Å². The molecule has 0 saturated carbocycles. The molecule has 2 aromatic carbocycles. The van der Waals surface area contributed by atoms with Crippen molar-refractivity contribution in [1.82, 2.24) is 15.3 Å². The van der Waals surface area contributed by atoms with Crippen LogP contribution in [-0.2, 0) is 17.8 Å². The summed E-state index contributed by atoms with van der Waals surface area (Å²) < 4.78 is 0. The maximum atomic E-state index is 12.5. The Labute approximate surface area is 165 Å². The minimum Gasteiger partial charge on any atom is -0.350 e. The Morgan fingerprint density at radius 3 is 2.68 bits per heavy atom. The monoisotopic (exact) mass is 374 g/mol. The number of nitrogens with zero attached hydrogens (tertiary/aromatic N) is 3. The summed E-state index contributed by atoms with van der Waals surface area (Å²) in [5, 5.41) is 5.31. The minimum atomic E-state index is 0.00661. The van der Waals surface area contributed by atoms with Crippen LogP contribution in [0, 0.1) is 6.92 Å². The summed E-state index contributed by atoms with van der Waals surface area (Å²) in [5.74, 6) is 0.796. The van der Waals surface area contributed by atoms with Gasteiger partial charge in [0.1, 0.15) is 0 Å². The lowest BCUT2D eigenvalue weighted by atomic mass is 10.0. The van der Waals surface area contributed by atoms with Crippen LogP contribution in [0.2, 0.25) is 0 Å². The summed E-state index contributed by atoms with van der Waals surface area (Å²) in [6.07, 6.45) is 4.02. The van der Waals surface area contributed by atoms with Crippen LogP contribution in [0.3, 0.4) is 0 Å². The van der Waals surface area contributed by atoms with E-state index in [9.17, 15) is 4.79 Å². The molecule has 28 heavy (non-hydrogen) atoms. The molecule has 5 heteroatoms. The number of aryl methyl sites for hydroxylation is 1. The fourth-order valence-corrected chi connectivity index (χ4v) is 3.81. The van der Waals surface area contributed by atoms with Crippen molar-refractivity contribution in [3.63, 3.8) is 0 Å². The molecule has 0 unspecified atom stereocenters. The predicted octanol–water partition coefficient (Wildman–Crippen LogP) is 3.79. The minimum absolute atomic E-state index is 0.00661. The van der Waals surface area contributed by atoms with Crippen LogP contribution < -0.4 is 10.2 Å². The van der Waals surface area contributed by atoms with Crippen LogP contribution >= 0.6 is 0 Å². The van der Waals surface area contributed by atoms with Crippen LogP contribution in [0.25, 0.3) is 10.8 Å². The van der Waals surface area contributed by atoms with Crippen molar-refractivity contribution in [3.05, 3.63) is 65.5 Å². The van der Waals surface area contributed by atoms with Gasteiger partial charge in [0.05, 0.1) is 18.7 Å². The van der Waals surface area contributed by atoms with E-state index >= 15 is 0 Å². The molecule has 1 saturated heterocycles. The van der Waals surface area contributed by atoms with Gasteiger partial charge in [-0.15, -0.1) is 0 Å². The lowest BCUT2D eigenvalue weighted by Gasteiger charge is -2.27. The average molecular weight is 374 g/mol. The summed E-state index contributed by atoms with van der Waals surface area (Å²) in [7, 11) is 0. The van der Waals surface area contributed by atoms with Gasteiger partial charge >= 0.3 is 0 Å². The van der Waals surface area contributed by atoms with Gasteiger partial charge in [-0.3, -0.25) is 4.79 Å². The van der Waals surface area contributed by atoms with Crippen LogP contribution in [0.5, 0.6) is 0 Å². The zero-order valence-corrected chi connectivity index (χ0v) is 16.3. The molecule has 0 bridgehead atoms. The lowest BCUT2D eigenvalue weighted by molar-refractivity contribution is -0.120. The van der Waals surface area contributed by atoms with Crippen molar-refractivity contribution in [3.8, 4) is 0 Å². The molecule has 1 aromatic heterocycles. The van der Waals surface area contributed by atoms with Crippen molar-refractivity contribution in [1.29, 1.82) is 0 Å². The number of carbonyl (C=O) groups is 1. The largest absolute Gasteiger partial charge is 0.350 e. The molecule has 1 fully saturated rings. The highest BCUT2D eigenvalue weighted by molar-refractivity contribution is 5.90. The number of hydrogen-bond acceptors (Lipinski definition) is 4. The average Bonchev–Trinajstić information content (AvgIpc) is 2.73. The number of anilines is 1. The van der Waals surface area contributed by atoms with Crippen molar-refractivity contribution >= 4 is 22.6 Å². The molecular formula is C23H26N4O. The van der Waals surface area contributed by atoms with Crippen LogP contribution in [0.15, 0.2) is 48.5 Å². The molecule has 144 valence electrons. The van der Waals surface area contributed by atoms with Crippen molar-refractivity contribution in [2.45, 2.75) is 39.2 Å². The van der Waals surface area contributed by atoms with Crippen LogP contribution in [-0.4, -0.2) is 29.0 Å². The Kier molecular flexibility index (Phi) is 5.51. The standard InChI is InChI=1S/C23H26N4O/c1-17-14-20(26-23(25-17)27-12-5-2-6-13-27)16-24-22(28)15-19-10-7-9-18-8-3-4-11-21(18)19/h3-4,7-11,14H,2,5-6,12-13,15-16H2,1H3,(H,24,28). The Balaban J connectivity index is 1.42. The Morgan fingerprint density at radius 1 is 1.04 bits per heavy atom. The number of fused-ring (bicyclic) bond motifs is 1. The number of benzene rings is 2. The van der Waals surface area contributed by atoms with Gasteiger partial charge in [0.25, 0.3) is 0 Å². The first-order chi connectivity index (χ1) is 13.7. The van der Waals surface area contributed by atoms with Gasteiger partial charge in [0, 0.05) is 18.8 Å². The first-order valence-corrected chi connectivity index (χ1v) is 10.0. The second-order valence-corrected chi connectivity index (χ2v) is 7.44. The van der Waals surface area contributed by atoms with Gasteiger partial charge in [-0.05, 0) is 48.6 Å². The van der Waals surface area contributed by atoms with Crippen LogP contribution in [0.4, 0.5) is 5.95 Å². The van der Waals surface area contributed by atoms with E-state index in [-0.39, 0.29) is 5.91 Å². The SMILES string of the molecule is Cc1cc(CNC(=O)Cc2cccc3ccccc23)nc(N2CCCCC2)n1. The van der Waals surface area contributed by atoms with Crippen LogP contribution in [0.1, 0.15) is 36.2 Å². The molecule has 1 aliphatic rings. The molecule has 0 radical (unpaired) electrons. The van der Waals surface area contributed by atoms with E-state index in [0.29, 0.717) is 13.0 Å². The molecule has 5 nitrogen and oxygen atoms in total. The van der Waals surface area contributed by atoms with Gasteiger partial charge in [-0.2, -0.15) is 0 Å². The summed E-state index contributed by atoms with van der Waals surface area (Å²) in [6, 6.07) is 16.2. The summed E-state index contributed by atoms with van der Waals surface area (Å²) in [6.45, 7) is 4.43. The summed E-state index contributed by atoms with van der Waals surface area (Å²) >= 11 is 0. The number of nitrogens with one attached hydrogen (secondary N) is 1. The van der Waals surface area contributed by atoms with Gasteiger partial charge in [0.2, 0.25) is 11.9 Å². The molecule has 1 aliphatic heterocycles. The summed E-state index contributed by atoms with van der Waals surface area (Å²) in [5.41, 5.74) is 2.84. The van der Waals surface area contributed by atoms with E-state index in [0.717, 1.165) is 46.8 Å². The molecule has 0 spiro atoms. The van der Waals surface area contributed by atoms with E-state index < -0.39 is 0 Å². The molecule has 0 atom stereocenters. The molecule has 0 aliphatic carbocycles. The first kappa shape index (κ1) is 18.4. The van der Waals surface area contributed by atoms with Crippen molar-refractivity contribution in [2.24, 2.45) is 0 Å². The Hall–Kier alpha value is -2.95. The van der Waals surface area contributed by atoms with Gasteiger partial charge in [-0.25, -0.2) is 9.97 Å². The zero-order valence-electron chi connectivity index (χ0n) is 16.3. The number of piperidine rings is 1. The molecule has 2 heterocycles. The topological polar surface area (TPSA) is 58.1 Å². The molecule has 1 N–H and O–H groups in total. The second kappa shape index (κ2) is 8.38. The highest BCUT2D eigenvalue weighted by Gasteiger charge is 2.15. The highest BCUT2D eigenvalue weighted by Crippen LogP contribution is 2.19. The molecule has 3 aromatic rings.